The van der Waals surface area contributed by atoms with E-state index in [-0.39, 0.29) is 17.5 Å². The minimum atomic E-state index is -0.141. The molecule has 1 saturated carbocycles. The predicted molar refractivity (Wildman–Crippen MR) is 120 cm³/mol. The van der Waals surface area contributed by atoms with Crippen LogP contribution in [-0.2, 0) is 4.74 Å². The number of ether oxygens (including phenoxy) is 1. The average Bonchev–Trinajstić information content (AvgIpc) is 3.22. The van der Waals surface area contributed by atoms with Gasteiger partial charge in [0.2, 0.25) is 0 Å². The molecule has 2 N–H and O–H groups in total. The van der Waals surface area contributed by atoms with Crippen molar-refractivity contribution in [1.82, 2.24) is 34.9 Å². The third-order valence-corrected chi connectivity index (χ3v) is 6.99. The molecule has 0 spiro atoms. The highest BCUT2D eigenvalue weighted by Crippen LogP contribution is 2.30. The zero-order valence-electron chi connectivity index (χ0n) is 18.6. The van der Waals surface area contributed by atoms with E-state index in [2.05, 4.69) is 20.3 Å². The molecule has 32 heavy (non-hydrogen) atoms. The molecular formula is C22H33N7O3. The van der Waals surface area contributed by atoms with Crippen LogP contribution in [0, 0.1) is 0 Å². The normalized spacial score (nSPS) is 21.1. The second kappa shape index (κ2) is 9.58. The third-order valence-electron chi connectivity index (χ3n) is 6.99. The molecule has 10 nitrogen and oxygen atoms in total. The third kappa shape index (κ3) is 4.52. The molecule has 10 heteroatoms. The number of aromatic nitrogens is 4. The molecule has 0 bridgehead atoms. The van der Waals surface area contributed by atoms with E-state index < -0.39 is 0 Å². The molecule has 3 aliphatic rings. The van der Waals surface area contributed by atoms with Gasteiger partial charge in [-0.05, 0) is 25.8 Å². The van der Waals surface area contributed by atoms with Crippen molar-refractivity contribution in [1.29, 1.82) is 0 Å². The second-order valence-electron chi connectivity index (χ2n) is 9.21. The number of carbonyl (C=O) groups excluding carboxylic acids is 1. The summed E-state index contributed by atoms with van der Waals surface area (Å²) >= 11 is 0. The van der Waals surface area contributed by atoms with Crippen LogP contribution in [0.1, 0.15) is 56.3 Å². The summed E-state index contributed by atoms with van der Waals surface area (Å²) in [5.74, 6) is 0.720. The van der Waals surface area contributed by atoms with E-state index in [9.17, 15) is 9.59 Å². The minimum absolute atomic E-state index is 0.0427. The van der Waals surface area contributed by atoms with Crippen molar-refractivity contribution in [2.24, 2.45) is 0 Å². The van der Waals surface area contributed by atoms with E-state index in [1.807, 2.05) is 4.68 Å². The maximum absolute atomic E-state index is 12.6. The maximum Gasteiger partial charge on any atom is 0.317 e. The van der Waals surface area contributed by atoms with Crippen LogP contribution in [0.25, 0.3) is 11.0 Å². The molecule has 2 amide bonds. The first kappa shape index (κ1) is 21.4. The van der Waals surface area contributed by atoms with Crippen molar-refractivity contribution in [2.75, 3.05) is 52.5 Å². The predicted octanol–water partition coefficient (Wildman–Crippen LogP) is 1.46. The number of amides is 2. The van der Waals surface area contributed by atoms with Crippen molar-refractivity contribution >= 4 is 17.1 Å². The number of likely N-dealkylation sites (tertiary alicyclic amines) is 1. The molecule has 2 aromatic rings. The summed E-state index contributed by atoms with van der Waals surface area (Å²) in [5.41, 5.74) is 0.541. The lowest BCUT2D eigenvalue weighted by atomic mass is 9.96. The summed E-state index contributed by atoms with van der Waals surface area (Å²) in [6.45, 7) is 6.32. The van der Waals surface area contributed by atoms with E-state index in [0.29, 0.717) is 42.5 Å². The number of rotatable bonds is 6. The Balaban J connectivity index is 1.15. The number of urea groups is 1. The Morgan fingerprint density at radius 2 is 1.97 bits per heavy atom. The fourth-order valence-electron chi connectivity index (χ4n) is 4.99. The zero-order valence-corrected chi connectivity index (χ0v) is 18.6. The molecule has 0 unspecified atom stereocenters. The van der Waals surface area contributed by atoms with Gasteiger partial charge in [-0.3, -0.25) is 9.69 Å². The van der Waals surface area contributed by atoms with Crippen LogP contribution < -0.4 is 10.9 Å². The first-order valence-electron chi connectivity index (χ1n) is 12.0. The summed E-state index contributed by atoms with van der Waals surface area (Å²) in [6.07, 6.45) is 8.40. The van der Waals surface area contributed by atoms with Gasteiger partial charge < -0.3 is 19.9 Å². The Bertz CT molecular complexity index is 985. The Morgan fingerprint density at radius 3 is 2.75 bits per heavy atom. The van der Waals surface area contributed by atoms with Gasteiger partial charge in [-0.15, -0.1) is 0 Å². The number of hydrogen-bond donors (Lipinski definition) is 2. The van der Waals surface area contributed by atoms with Crippen molar-refractivity contribution in [3.63, 3.8) is 0 Å². The van der Waals surface area contributed by atoms with Crippen molar-refractivity contribution in [2.45, 2.75) is 50.5 Å². The summed E-state index contributed by atoms with van der Waals surface area (Å²) in [5, 5.41) is 8.05. The SMILES string of the molecule is O=C(NCCCN1CCOCC1)N1CC(c2nc3c(cnn3C3CCCCC3)c(=O)[nH]2)C1. The lowest BCUT2D eigenvalue weighted by molar-refractivity contribution is 0.0374. The fourth-order valence-corrected chi connectivity index (χ4v) is 4.99. The van der Waals surface area contributed by atoms with Crippen LogP contribution in [0.5, 0.6) is 0 Å². The summed E-state index contributed by atoms with van der Waals surface area (Å²) in [6, 6.07) is 0.281. The highest BCUT2D eigenvalue weighted by atomic mass is 16.5. The molecular weight excluding hydrogens is 410 g/mol. The van der Waals surface area contributed by atoms with Gasteiger partial charge in [0, 0.05) is 32.7 Å². The van der Waals surface area contributed by atoms with Gasteiger partial charge in [0.1, 0.15) is 11.2 Å². The first-order chi connectivity index (χ1) is 15.7. The van der Waals surface area contributed by atoms with Crippen LogP contribution in [0.2, 0.25) is 0 Å². The van der Waals surface area contributed by atoms with Gasteiger partial charge in [-0.1, -0.05) is 19.3 Å². The zero-order chi connectivity index (χ0) is 21.9. The number of nitrogens with zero attached hydrogens (tertiary/aromatic N) is 5. The highest BCUT2D eigenvalue weighted by molar-refractivity contribution is 5.76. The monoisotopic (exact) mass is 443 g/mol. The van der Waals surface area contributed by atoms with Gasteiger partial charge in [0.15, 0.2) is 5.65 Å². The number of fused-ring (bicyclic) bond motifs is 1. The standard InChI is InChI=1S/C22H33N7O3/c30-21-18-13-24-29(17-5-2-1-3-6-17)20(18)25-19(26-21)16-14-28(15-16)22(31)23-7-4-8-27-9-11-32-12-10-27/h13,16-17H,1-12,14-15H2,(H,23,31)(H,25,26,30). The quantitative estimate of drug-likeness (QED) is 0.655. The smallest absolute Gasteiger partial charge is 0.317 e. The fraction of sp³-hybridized carbons (Fsp3) is 0.727. The molecule has 1 aliphatic carbocycles. The van der Waals surface area contributed by atoms with Gasteiger partial charge in [0.05, 0.1) is 31.4 Å². The van der Waals surface area contributed by atoms with Crippen LogP contribution in [0.15, 0.2) is 11.0 Å². The molecule has 0 radical (unpaired) electrons. The van der Waals surface area contributed by atoms with Crippen molar-refractivity contribution in [3.8, 4) is 0 Å². The number of carbonyl (C=O) groups is 1. The molecule has 2 aromatic heterocycles. The minimum Gasteiger partial charge on any atom is -0.379 e. The lowest BCUT2D eigenvalue weighted by Crippen LogP contribution is -2.53. The topological polar surface area (TPSA) is 108 Å². The van der Waals surface area contributed by atoms with Crippen LogP contribution >= 0.6 is 0 Å². The van der Waals surface area contributed by atoms with Crippen molar-refractivity contribution in [3.05, 3.63) is 22.4 Å². The van der Waals surface area contributed by atoms with Gasteiger partial charge in [0.25, 0.3) is 5.56 Å². The van der Waals surface area contributed by atoms with Crippen LogP contribution in [0.4, 0.5) is 4.79 Å². The van der Waals surface area contributed by atoms with Gasteiger partial charge >= 0.3 is 6.03 Å². The molecule has 2 aliphatic heterocycles. The molecule has 174 valence electrons. The largest absolute Gasteiger partial charge is 0.379 e. The molecule has 0 atom stereocenters. The average molecular weight is 444 g/mol. The first-order valence-corrected chi connectivity index (χ1v) is 12.0. The number of hydrogen-bond acceptors (Lipinski definition) is 6. The van der Waals surface area contributed by atoms with Crippen LogP contribution in [-0.4, -0.2) is 88.1 Å². The Morgan fingerprint density at radius 1 is 1.19 bits per heavy atom. The van der Waals surface area contributed by atoms with Gasteiger partial charge in [-0.2, -0.15) is 5.10 Å². The van der Waals surface area contributed by atoms with Crippen molar-refractivity contribution < 1.29 is 9.53 Å². The Labute approximate surface area is 187 Å². The van der Waals surface area contributed by atoms with Crippen LogP contribution in [0.3, 0.4) is 0 Å². The highest BCUT2D eigenvalue weighted by Gasteiger charge is 2.34. The lowest BCUT2D eigenvalue weighted by Gasteiger charge is -2.38. The Kier molecular flexibility index (Phi) is 6.40. The molecule has 2 saturated heterocycles. The van der Waals surface area contributed by atoms with E-state index in [4.69, 9.17) is 9.72 Å². The second-order valence-corrected chi connectivity index (χ2v) is 9.21. The van der Waals surface area contributed by atoms with E-state index in [1.54, 1.807) is 11.1 Å². The van der Waals surface area contributed by atoms with E-state index in [1.165, 1.54) is 19.3 Å². The molecule has 5 rings (SSSR count). The number of H-pyrrole nitrogens is 1. The number of morpholine rings is 1. The number of aromatic amines is 1. The molecule has 3 fully saturated rings. The number of nitrogens with one attached hydrogen (secondary N) is 2. The summed E-state index contributed by atoms with van der Waals surface area (Å²) < 4.78 is 7.31. The molecule has 4 heterocycles. The summed E-state index contributed by atoms with van der Waals surface area (Å²) in [4.78, 5) is 36.9. The molecule has 0 aromatic carbocycles. The summed E-state index contributed by atoms with van der Waals surface area (Å²) in [7, 11) is 0. The Hall–Kier alpha value is -2.46. The van der Waals surface area contributed by atoms with E-state index >= 15 is 0 Å². The van der Waals surface area contributed by atoms with E-state index in [0.717, 1.165) is 52.1 Å². The maximum atomic E-state index is 12.6. The van der Waals surface area contributed by atoms with Gasteiger partial charge in [-0.25, -0.2) is 14.5 Å².